The quantitative estimate of drug-likeness (QED) is 0.612. The molecule has 0 atom stereocenters. The molecule has 0 unspecified atom stereocenters. The molecule has 144 valence electrons. The van der Waals surface area contributed by atoms with Crippen LogP contribution in [0.15, 0.2) is 42.6 Å². The number of carbonyl (C=O) groups excluding carboxylic acids is 1. The fourth-order valence-corrected chi connectivity index (χ4v) is 3.80. The average Bonchev–Trinajstić information content (AvgIpc) is 2.70. The maximum atomic E-state index is 13.4. The summed E-state index contributed by atoms with van der Waals surface area (Å²) in [6, 6.07) is 10.2. The molecular formula is C23H23FN2O2. The van der Waals surface area contributed by atoms with E-state index in [0.29, 0.717) is 22.8 Å². The van der Waals surface area contributed by atoms with Crippen molar-refractivity contribution in [1.82, 2.24) is 9.88 Å². The second-order valence-corrected chi connectivity index (χ2v) is 7.34. The van der Waals surface area contributed by atoms with Crippen LogP contribution in [0.1, 0.15) is 40.7 Å². The smallest absolute Gasteiger partial charge is 0.256 e. The number of hydrogen-bond donors (Lipinski definition) is 0. The molecule has 5 heteroatoms. The first-order chi connectivity index (χ1) is 13.5. The van der Waals surface area contributed by atoms with E-state index >= 15 is 0 Å². The van der Waals surface area contributed by atoms with Gasteiger partial charge in [-0.2, -0.15) is 0 Å². The minimum absolute atomic E-state index is 0.0241. The van der Waals surface area contributed by atoms with Gasteiger partial charge in [-0.25, -0.2) is 9.37 Å². The van der Waals surface area contributed by atoms with Crippen molar-refractivity contribution in [3.8, 4) is 11.6 Å². The molecule has 1 aliphatic rings. The number of carbonyl (C=O) groups is 1. The number of benzene rings is 2. The highest BCUT2D eigenvalue weighted by Gasteiger charge is 2.23. The van der Waals surface area contributed by atoms with Gasteiger partial charge in [0.1, 0.15) is 11.6 Å². The summed E-state index contributed by atoms with van der Waals surface area (Å²) in [5.41, 5.74) is 2.30. The van der Waals surface area contributed by atoms with Gasteiger partial charge in [-0.15, -0.1) is 0 Å². The molecule has 3 aromatic rings. The normalized spacial score (nSPS) is 14.3. The van der Waals surface area contributed by atoms with E-state index in [1.54, 1.807) is 19.2 Å². The van der Waals surface area contributed by atoms with Gasteiger partial charge in [0.25, 0.3) is 5.91 Å². The standard InChI is InChI=1S/C23H23FN2O2/c1-15-7-6-8-18-21(15)19(23(27)26-11-4-3-5-12-26)14-25-22(18)28-20-10-9-17(24)13-16(20)2/h6-10,13-14H,3-5,11-12H2,1-2H3. The van der Waals surface area contributed by atoms with Gasteiger partial charge < -0.3 is 9.64 Å². The summed E-state index contributed by atoms with van der Waals surface area (Å²) in [4.78, 5) is 19.5. The maximum absolute atomic E-state index is 13.4. The maximum Gasteiger partial charge on any atom is 0.256 e. The SMILES string of the molecule is Cc1cc(F)ccc1Oc1ncc(C(=O)N2CCCCC2)c2c(C)cccc12. The molecule has 0 radical (unpaired) electrons. The van der Waals surface area contributed by atoms with Crippen molar-refractivity contribution >= 4 is 16.7 Å². The van der Waals surface area contributed by atoms with Gasteiger partial charge >= 0.3 is 0 Å². The monoisotopic (exact) mass is 378 g/mol. The molecule has 2 heterocycles. The molecule has 0 N–H and O–H groups in total. The first-order valence-corrected chi connectivity index (χ1v) is 9.66. The van der Waals surface area contributed by atoms with Gasteiger partial charge in [0.2, 0.25) is 5.88 Å². The number of aromatic nitrogens is 1. The Kier molecular flexibility index (Phi) is 4.99. The molecule has 1 aromatic heterocycles. The fraction of sp³-hybridized carbons (Fsp3) is 0.304. The van der Waals surface area contributed by atoms with Crippen LogP contribution in [0.5, 0.6) is 11.6 Å². The summed E-state index contributed by atoms with van der Waals surface area (Å²) in [5.74, 6) is 0.687. The highest BCUT2D eigenvalue weighted by molar-refractivity contribution is 6.09. The van der Waals surface area contributed by atoms with E-state index in [1.165, 1.54) is 18.6 Å². The zero-order valence-corrected chi connectivity index (χ0v) is 16.2. The Bertz CT molecular complexity index is 1040. The van der Waals surface area contributed by atoms with E-state index in [4.69, 9.17) is 4.74 Å². The molecule has 4 nitrogen and oxygen atoms in total. The van der Waals surface area contributed by atoms with Crippen molar-refractivity contribution in [2.45, 2.75) is 33.1 Å². The Hall–Kier alpha value is -2.95. The van der Waals surface area contributed by atoms with Crippen LogP contribution in [0, 0.1) is 19.7 Å². The van der Waals surface area contributed by atoms with Crippen molar-refractivity contribution in [2.75, 3.05) is 13.1 Å². The minimum Gasteiger partial charge on any atom is -0.438 e. The number of amides is 1. The third-order valence-corrected chi connectivity index (χ3v) is 5.30. The van der Waals surface area contributed by atoms with Gasteiger partial charge in [-0.3, -0.25) is 4.79 Å². The predicted octanol–water partition coefficient (Wildman–Crippen LogP) is 5.41. The van der Waals surface area contributed by atoms with Gasteiger partial charge in [-0.1, -0.05) is 12.1 Å². The predicted molar refractivity (Wildman–Crippen MR) is 107 cm³/mol. The molecule has 4 rings (SSSR count). The number of nitrogens with zero attached hydrogens (tertiary/aromatic N) is 2. The zero-order chi connectivity index (χ0) is 19.7. The summed E-state index contributed by atoms with van der Waals surface area (Å²) in [6.45, 7) is 5.36. The van der Waals surface area contributed by atoms with Crippen molar-refractivity contribution in [2.24, 2.45) is 0 Å². The van der Waals surface area contributed by atoms with Crippen LogP contribution < -0.4 is 4.74 Å². The van der Waals surface area contributed by atoms with Crippen LogP contribution in [-0.2, 0) is 0 Å². The second-order valence-electron chi connectivity index (χ2n) is 7.34. The lowest BCUT2D eigenvalue weighted by Gasteiger charge is -2.27. The fourth-order valence-electron chi connectivity index (χ4n) is 3.80. The lowest BCUT2D eigenvalue weighted by molar-refractivity contribution is 0.0726. The topological polar surface area (TPSA) is 42.4 Å². The van der Waals surface area contributed by atoms with Crippen molar-refractivity contribution < 1.29 is 13.9 Å². The number of hydrogen-bond acceptors (Lipinski definition) is 3. The van der Waals surface area contributed by atoms with Crippen LogP contribution in [0.2, 0.25) is 0 Å². The number of ether oxygens (including phenoxy) is 1. The minimum atomic E-state index is -0.305. The summed E-state index contributed by atoms with van der Waals surface area (Å²) in [6.07, 6.45) is 4.87. The largest absolute Gasteiger partial charge is 0.438 e. The number of rotatable bonds is 3. The Labute approximate surface area is 164 Å². The molecule has 1 amide bonds. The van der Waals surface area contributed by atoms with E-state index in [-0.39, 0.29) is 11.7 Å². The Balaban J connectivity index is 1.78. The number of aryl methyl sites for hydroxylation is 2. The van der Waals surface area contributed by atoms with E-state index in [1.807, 2.05) is 30.0 Å². The molecule has 0 bridgehead atoms. The zero-order valence-electron chi connectivity index (χ0n) is 16.2. The molecule has 1 aliphatic heterocycles. The molecule has 0 spiro atoms. The third kappa shape index (κ3) is 3.44. The van der Waals surface area contributed by atoms with Gasteiger partial charge in [0.05, 0.1) is 5.56 Å². The lowest BCUT2D eigenvalue weighted by atomic mass is 10.0. The molecule has 0 aliphatic carbocycles. The van der Waals surface area contributed by atoms with E-state index < -0.39 is 0 Å². The second kappa shape index (κ2) is 7.58. The highest BCUT2D eigenvalue weighted by Crippen LogP contribution is 2.33. The molecule has 2 aromatic carbocycles. The molecule has 28 heavy (non-hydrogen) atoms. The third-order valence-electron chi connectivity index (χ3n) is 5.30. The van der Waals surface area contributed by atoms with Gasteiger partial charge in [-0.05, 0) is 68.5 Å². The average molecular weight is 378 g/mol. The summed E-state index contributed by atoms with van der Waals surface area (Å²) >= 11 is 0. The van der Waals surface area contributed by atoms with Crippen LogP contribution in [-0.4, -0.2) is 28.9 Å². The number of pyridine rings is 1. The van der Waals surface area contributed by atoms with E-state index in [2.05, 4.69) is 4.98 Å². The number of likely N-dealkylation sites (tertiary alicyclic amines) is 1. The molecule has 1 saturated heterocycles. The van der Waals surface area contributed by atoms with Gasteiger partial charge in [0.15, 0.2) is 0 Å². The summed E-state index contributed by atoms with van der Waals surface area (Å²) in [7, 11) is 0. The summed E-state index contributed by atoms with van der Waals surface area (Å²) in [5, 5.41) is 1.65. The lowest BCUT2D eigenvalue weighted by Crippen LogP contribution is -2.35. The van der Waals surface area contributed by atoms with Crippen LogP contribution in [0.3, 0.4) is 0 Å². The Morgan fingerprint density at radius 1 is 1.07 bits per heavy atom. The highest BCUT2D eigenvalue weighted by atomic mass is 19.1. The number of piperidine rings is 1. The summed E-state index contributed by atoms with van der Waals surface area (Å²) < 4.78 is 19.4. The Morgan fingerprint density at radius 3 is 2.61 bits per heavy atom. The number of halogens is 1. The van der Waals surface area contributed by atoms with Crippen molar-refractivity contribution in [3.63, 3.8) is 0 Å². The van der Waals surface area contributed by atoms with E-state index in [9.17, 15) is 9.18 Å². The van der Waals surface area contributed by atoms with E-state index in [0.717, 1.165) is 42.3 Å². The number of fused-ring (bicyclic) bond motifs is 1. The first-order valence-electron chi connectivity index (χ1n) is 9.66. The molecule has 1 fully saturated rings. The Morgan fingerprint density at radius 2 is 1.86 bits per heavy atom. The van der Waals surface area contributed by atoms with Crippen LogP contribution in [0.4, 0.5) is 4.39 Å². The molecular weight excluding hydrogens is 355 g/mol. The van der Waals surface area contributed by atoms with Crippen LogP contribution in [0.25, 0.3) is 10.8 Å². The molecule has 0 saturated carbocycles. The van der Waals surface area contributed by atoms with Crippen molar-refractivity contribution in [3.05, 3.63) is 65.1 Å². The van der Waals surface area contributed by atoms with Gasteiger partial charge in [0, 0.05) is 30.1 Å². The van der Waals surface area contributed by atoms with Crippen LogP contribution >= 0.6 is 0 Å². The first kappa shape index (κ1) is 18.4. The van der Waals surface area contributed by atoms with Crippen molar-refractivity contribution in [1.29, 1.82) is 0 Å².